The zero-order valence-electron chi connectivity index (χ0n) is 16.5. The van der Waals surface area contributed by atoms with E-state index in [-0.39, 0.29) is 18.4 Å². The number of nitrogens with zero attached hydrogens (tertiary/aromatic N) is 1. The van der Waals surface area contributed by atoms with E-state index in [1.807, 2.05) is 0 Å². The molecule has 1 amide bonds. The predicted molar refractivity (Wildman–Crippen MR) is 106 cm³/mol. The van der Waals surface area contributed by atoms with E-state index in [2.05, 4.69) is 4.72 Å². The Hall–Kier alpha value is -2.46. The molecule has 3 rings (SSSR count). The number of likely N-dealkylation sites (tertiary alicyclic amines) is 1. The van der Waals surface area contributed by atoms with Crippen molar-refractivity contribution in [3.8, 4) is 0 Å². The molecule has 0 aromatic heterocycles. The largest absolute Gasteiger partial charge is 0.417 e. The van der Waals surface area contributed by atoms with Gasteiger partial charge in [0, 0.05) is 25.2 Å². The van der Waals surface area contributed by atoms with Crippen molar-refractivity contribution >= 4 is 15.9 Å². The van der Waals surface area contributed by atoms with Gasteiger partial charge in [0.1, 0.15) is 5.82 Å². The van der Waals surface area contributed by atoms with E-state index in [1.165, 1.54) is 30.3 Å². The van der Waals surface area contributed by atoms with Crippen molar-refractivity contribution < 1.29 is 30.8 Å². The number of amides is 1. The first-order valence-corrected chi connectivity index (χ1v) is 11.3. The van der Waals surface area contributed by atoms with Crippen LogP contribution in [0.5, 0.6) is 0 Å². The Balaban J connectivity index is 1.51. The Labute approximate surface area is 178 Å². The van der Waals surface area contributed by atoms with Crippen LogP contribution in [0.1, 0.15) is 35.2 Å². The fourth-order valence-corrected chi connectivity index (χ4v) is 4.88. The van der Waals surface area contributed by atoms with E-state index < -0.39 is 32.5 Å². The second-order valence-electron chi connectivity index (χ2n) is 7.42. The number of hydrogen-bond donors (Lipinski definition) is 1. The molecule has 0 unspecified atom stereocenters. The first-order valence-electron chi connectivity index (χ1n) is 9.78. The maximum absolute atomic E-state index is 13.1. The molecule has 0 spiro atoms. The number of carbonyl (C=O) groups excluding carboxylic acids is 1. The molecular formula is C21H22F4N2O3S. The molecule has 1 N–H and O–H groups in total. The number of rotatable bonds is 6. The van der Waals surface area contributed by atoms with Gasteiger partial charge >= 0.3 is 6.18 Å². The smallest absolute Gasteiger partial charge is 0.339 e. The fourth-order valence-electron chi connectivity index (χ4n) is 3.61. The summed E-state index contributed by atoms with van der Waals surface area (Å²) in [6.07, 6.45) is -3.02. The van der Waals surface area contributed by atoms with Gasteiger partial charge in [-0.05, 0) is 61.6 Å². The zero-order valence-corrected chi connectivity index (χ0v) is 17.3. The van der Waals surface area contributed by atoms with Gasteiger partial charge in [-0.2, -0.15) is 13.2 Å². The molecule has 2 aromatic rings. The van der Waals surface area contributed by atoms with E-state index in [0.717, 1.165) is 18.2 Å². The van der Waals surface area contributed by atoms with Gasteiger partial charge in [0.15, 0.2) is 0 Å². The van der Waals surface area contributed by atoms with Gasteiger partial charge in [-0.3, -0.25) is 4.79 Å². The minimum absolute atomic E-state index is 0.00506. The van der Waals surface area contributed by atoms with Crippen molar-refractivity contribution in [3.05, 3.63) is 65.5 Å². The van der Waals surface area contributed by atoms with Crippen LogP contribution in [0.4, 0.5) is 17.6 Å². The highest BCUT2D eigenvalue weighted by Crippen LogP contribution is 2.34. The second-order valence-corrected chi connectivity index (χ2v) is 9.16. The summed E-state index contributed by atoms with van der Waals surface area (Å²) in [4.78, 5) is 13.3. The topological polar surface area (TPSA) is 66.5 Å². The molecule has 1 aliphatic heterocycles. The predicted octanol–water partition coefficient (Wildman–Crippen LogP) is 4.07. The van der Waals surface area contributed by atoms with Gasteiger partial charge < -0.3 is 4.90 Å². The van der Waals surface area contributed by atoms with Gasteiger partial charge in [0.05, 0.1) is 10.5 Å². The minimum Gasteiger partial charge on any atom is -0.339 e. The quantitative estimate of drug-likeness (QED) is 0.664. The lowest BCUT2D eigenvalue weighted by Gasteiger charge is -2.32. The minimum atomic E-state index is -4.77. The number of hydrogen-bond acceptors (Lipinski definition) is 3. The van der Waals surface area contributed by atoms with Crippen LogP contribution in [0.3, 0.4) is 0 Å². The third-order valence-electron chi connectivity index (χ3n) is 5.32. The van der Waals surface area contributed by atoms with Gasteiger partial charge in [0.2, 0.25) is 10.0 Å². The van der Waals surface area contributed by atoms with Crippen molar-refractivity contribution in [2.75, 3.05) is 19.6 Å². The van der Waals surface area contributed by atoms with Crippen molar-refractivity contribution in [3.63, 3.8) is 0 Å². The average molecular weight is 458 g/mol. The standard InChI is InChI=1S/C21H22F4N2O3S/c22-17-7-5-16(6-8-17)20(28)27-13-10-15(11-14-27)9-12-26-31(29,30)19-4-2-1-3-18(19)21(23,24)25/h1-8,15,26H,9-14H2. The fraction of sp³-hybridized carbons (Fsp3) is 0.381. The highest BCUT2D eigenvalue weighted by Gasteiger charge is 2.36. The molecule has 5 nitrogen and oxygen atoms in total. The Morgan fingerprint density at radius 1 is 1.03 bits per heavy atom. The Morgan fingerprint density at radius 2 is 1.65 bits per heavy atom. The second kappa shape index (κ2) is 9.35. The monoisotopic (exact) mass is 458 g/mol. The lowest BCUT2D eigenvalue weighted by Crippen LogP contribution is -2.39. The maximum Gasteiger partial charge on any atom is 0.417 e. The summed E-state index contributed by atoms with van der Waals surface area (Å²) < 4.78 is 79.3. The molecule has 10 heteroatoms. The zero-order chi connectivity index (χ0) is 22.6. The highest BCUT2D eigenvalue weighted by molar-refractivity contribution is 7.89. The molecule has 31 heavy (non-hydrogen) atoms. The first-order chi connectivity index (χ1) is 14.6. The summed E-state index contributed by atoms with van der Waals surface area (Å²) in [6.45, 7) is 0.958. The van der Waals surface area contributed by atoms with Crippen LogP contribution in [0.2, 0.25) is 0 Å². The summed E-state index contributed by atoms with van der Waals surface area (Å²) in [6, 6.07) is 9.37. The third kappa shape index (κ3) is 5.82. The van der Waals surface area contributed by atoms with E-state index in [9.17, 15) is 30.8 Å². The summed E-state index contributed by atoms with van der Waals surface area (Å²) in [7, 11) is -4.30. The summed E-state index contributed by atoms with van der Waals surface area (Å²) in [5, 5.41) is 0. The summed E-state index contributed by atoms with van der Waals surface area (Å²) in [5.41, 5.74) is -0.800. The van der Waals surface area contributed by atoms with E-state index in [0.29, 0.717) is 37.9 Å². The van der Waals surface area contributed by atoms with Gasteiger partial charge in [-0.25, -0.2) is 17.5 Å². The molecule has 0 aliphatic carbocycles. The maximum atomic E-state index is 13.1. The van der Waals surface area contributed by atoms with Crippen LogP contribution in [0.25, 0.3) is 0 Å². The molecule has 0 radical (unpaired) electrons. The molecule has 1 aliphatic rings. The number of benzene rings is 2. The van der Waals surface area contributed by atoms with Crippen molar-refractivity contribution in [2.24, 2.45) is 5.92 Å². The lowest BCUT2D eigenvalue weighted by molar-refractivity contribution is -0.139. The molecule has 0 saturated carbocycles. The van der Waals surface area contributed by atoms with Crippen molar-refractivity contribution in [1.29, 1.82) is 0 Å². The van der Waals surface area contributed by atoms with Crippen LogP contribution in [-0.4, -0.2) is 38.9 Å². The molecule has 0 atom stereocenters. The third-order valence-corrected chi connectivity index (χ3v) is 6.84. The van der Waals surface area contributed by atoms with Gasteiger partial charge in [-0.15, -0.1) is 0 Å². The number of carbonyl (C=O) groups is 1. The Bertz CT molecular complexity index is 1020. The number of piperidine rings is 1. The number of nitrogens with one attached hydrogen (secondary N) is 1. The highest BCUT2D eigenvalue weighted by atomic mass is 32.2. The van der Waals surface area contributed by atoms with Crippen LogP contribution < -0.4 is 4.72 Å². The lowest BCUT2D eigenvalue weighted by atomic mass is 9.93. The SMILES string of the molecule is O=C(c1ccc(F)cc1)N1CCC(CCNS(=O)(=O)c2ccccc2C(F)(F)F)CC1. The molecule has 2 aromatic carbocycles. The Kier molecular flexibility index (Phi) is 7.00. The van der Waals surface area contributed by atoms with E-state index in [1.54, 1.807) is 4.90 Å². The van der Waals surface area contributed by atoms with Crippen LogP contribution in [0, 0.1) is 11.7 Å². The number of halogens is 4. The molecule has 168 valence electrons. The molecule has 0 bridgehead atoms. The van der Waals surface area contributed by atoms with E-state index in [4.69, 9.17) is 0 Å². The first kappa shape index (κ1) is 23.2. The van der Waals surface area contributed by atoms with Crippen molar-refractivity contribution in [1.82, 2.24) is 9.62 Å². The summed E-state index contributed by atoms with van der Waals surface area (Å²) in [5.74, 6) is -0.476. The van der Waals surface area contributed by atoms with Crippen molar-refractivity contribution in [2.45, 2.75) is 30.3 Å². The van der Waals surface area contributed by atoms with Gasteiger partial charge in [0.25, 0.3) is 5.91 Å². The normalized spacial score (nSPS) is 15.8. The number of alkyl halides is 3. The Morgan fingerprint density at radius 3 is 2.26 bits per heavy atom. The number of sulfonamides is 1. The molecule has 1 saturated heterocycles. The molecular weight excluding hydrogens is 436 g/mol. The van der Waals surface area contributed by atoms with Crippen LogP contribution >= 0.6 is 0 Å². The molecule has 1 fully saturated rings. The van der Waals surface area contributed by atoms with E-state index >= 15 is 0 Å². The molecule has 1 heterocycles. The average Bonchev–Trinajstić information content (AvgIpc) is 2.73. The van der Waals surface area contributed by atoms with Gasteiger partial charge in [-0.1, -0.05) is 12.1 Å². The van der Waals surface area contributed by atoms with Crippen LogP contribution in [-0.2, 0) is 16.2 Å². The summed E-state index contributed by atoms with van der Waals surface area (Å²) >= 11 is 0. The van der Waals surface area contributed by atoms with Crippen LogP contribution in [0.15, 0.2) is 53.4 Å².